The summed E-state index contributed by atoms with van der Waals surface area (Å²) in [7, 11) is 2.24. The molecule has 0 amide bonds. The summed E-state index contributed by atoms with van der Waals surface area (Å²) in [6, 6.07) is 11.8. The summed E-state index contributed by atoms with van der Waals surface area (Å²) < 4.78 is 0. The van der Waals surface area contributed by atoms with E-state index in [0.717, 1.165) is 12.5 Å². The van der Waals surface area contributed by atoms with E-state index in [0.29, 0.717) is 6.04 Å². The van der Waals surface area contributed by atoms with E-state index in [9.17, 15) is 0 Å². The number of likely N-dealkylation sites (N-methyl/N-ethyl adjacent to an activating group) is 1. The maximum atomic E-state index is 6.43. The highest BCUT2D eigenvalue weighted by Gasteiger charge is 2.30. The van der Waals surface area contributed by atoms with Gasteiger partial charge >= 0.3 is 0 Å². The van der Waals surface area contributed by atoms with E-state index in [2.05, 4.69) is 43.1 Å². The minimum absolute atomic E-state index is 0.131. The van der Waals surface area contributed by atoms with Crippen LogP contribution in [0.1, 0.15) is 44.2 Å². The largest absolute Gasteiger partial charge is 0.323 e. The van der Waals surface area contributed by atoms with Gasteiger partial charge in [0.25, 0.3) is 0 Å². The van der Waals surface area contributed by atoms with E-state index in [1.807, 2.05) is 6.07 Å². The van der Waals surface area contributed by atoms with E-state index < -0.39 is 0 Å². The Kier molecular flexibility index (Phi) is 4.19. The second-order valence-corrected chi connectivity index (χ2v) is 5.16. The summed E-state index contributed by atoms with van der Waals surface area (Å²) in [5.41, 5.74) is 7.68. The second kappa shape index (κ2) is 5.65. The molecule has 1 aromatic rings. The molecule has 1 aromatic carbocycles. The molecule has 2 rings (SSSR count). The average Bonchev–Trinajstić information content (AvgIpc) is 2.28. The molecule has 0 saturated heterocycles. The van der Waals surface area contributed by atoms with Crippen molar-refractivity contribution in [3.63, 3.8) is 0 Å². The lowest BCUT2D eigenvalue weighted by atomic mass is 9.88. The lowest BCUT2D eigenvalue weighted by molar-refractivity contribution is 0.0924. The molecule has 94 valence electrons. The van der Waals surface area contributed by atoms with Crippen molar-refractivity contribution in [2.75, 3.05) is 7.05 Å². The third-order valence-electron chi connectivity index (χ3n) is 4.19. The molecule has 2 atom stereocenters. The molecule has 2 nitrogen and oxygen atoms in total. The number of nitrogens with two attached hydrogens (primary N) is 1. The Morgan fingerprint density at radius 1 is 1.29 bits per heavy atom. The fraction of sp³-hybridized carbons (Fsp3) is 0.600. The zero-order valence-electron chi connectivity index (χ0n) is 11.0. The van der Waals surface area contributed by atoms with E-state index in [-0.39, 0.29) is 6.04 Å². The van der Waals surface area contributed by atoms with E-state index in [4.69, 9.17) is 5.73 Å². The Morgan fingerprint density at radius 2 is 1.94 bits per heavy atom. The maximum absolute atomic E-state index is 6.43. The van der Waals surface area contributed by atoms with Crippen molar-refractivity contribution in [3.8, 4) is 0 Å². The molecule has 0 radical (unpaired) electrons. The second-order valence-electron chi connectivity index (χ2n) is 5.16. The molecule has 2 unspecified atom stereocenters. The monoisotopic (exact) mass is 232 g/mol. The molecule has 0 spiro atoms. The zero-order valence-corrected chi connectivity index (χ0v) is 11.0. The normalized spacial score (nSPS) is 20.0. The van der Waals surface area contributed by atoms with E-state index in [1.165, 1.54) is 24.8 Å². The van der Waals surface area contributed by atoms with Crippen LogP contribution in [0, 0.1) is 0 Å². The Bertz CT molecular complexity index is 332. The lowest BCUT2D eigenvalue weighted by Crippen LogP contribution is -2.48. The summed E-state index contributed by atoms with van der Waals surface area (Å²) in [6.45, 7) is 2.24. The number of nitrogens with zero attached hydrogens (tertiary/aromatic N) is 1. The Labute approximate surface area is 105 Å². The van der Waals surface area contributed by atoms with Crippen LogP contribution in [0.3, 0.4) is 0 Å². The first-order chi connectivity index (χ1) is 8.24. The topological polar surface area (TPSA) is 29.3 Å². The van der Waals surface area contributed by atoms with Gasteiger partial charge in [-0.1, -0.05) is 43.7 Å². The number of benzene rings is 1. The van der Waals surface area contributed by atoms with Gasteiger partial charge in [0.15, 0.2) is 0 Å². The van der Waals surface area contributed by atoms with Crippen LogP contribution in [-0.2, 0) is 0 Å². The Hall–Kier alpha value is -0.860. The SMILES string of the molecule is CCC(C(N)c1ccccc1)N(C)C1CCC1. The molecule has 0 aliphatic heterocycles. The van der Waals surface area contributed by atoms with Crippen molar-refractivity contribution in [1.82, 2.24) is 4.90 Å². The summed E-state index contributed by atoms with van der Waals surface area (Å²) in [4.78, 5) is 2.50. The fourth-order valence-electron chi connectivity index (χ4n) is 2.76. The molecule has 1 aliphatic rings. The third-order valence-corrected chi connectivity index (χ3v) is 4.19. The van der Waals surface area contributed by atoms with Crippen LogP contribution >= 0.6 is 0 Å². The summed E-state index contributed by atoms with van der Waals surface area (Å²) >= 11 is 0. The van der Waals surface area contributed by atoms with Gasteiger partial charge in [-0.3, -0.25) is 4.90 Å². The van der Waals surface area contributed by atoms with Gasteiger partial charge in [-0.15, -0.1) is 0 Å². The Morgan fingerprint density at radius 3 is 2.41 bits per heavy atom. The smallest absolute Gasteiger partial charge is 0.0452 e. The maximum Gasteiger partial charge on any atom is 0.0452 e. The van der Waals surface area contributed by atoms with Crippen molar-refractivity contribution in [2.45, 2.75) is 50.7 Å². The highest BCUT2D eigenvalue weighted by atomic mass is 15.2. The van der Waals surface area contributed by atoms with Crippen molar-refractivity contribution in [3.05, 3.63) is 35.9 Å². The van der Waals surface area contributed by atoms with Gasteiger partial charge in [0.05, 0.1) is 0 Å². The van der Waals surface area contributed by atoms with Crippen LogP contribution in [0.4, 0.5) is 0 Å². The first-order valence-electron chi connectivity index (χ1n) is 6.76. The molecular formula is C15H24N2. The van der Waals surface area contributed by atoms with Crippen LogP contribution in [-0.4, -0.2) is 24.0 Å². The van der Waals surface area contributed by atoms with E-state index >= 15 is 0 Å². The van der Waals surface area contributed by atoms with Crippen molar-refractivity contribution in [2.24, 2.45) is 5.73 Å². The summed E-state index contributed by atoms with van der Waals surface area (Å²) in [5.74, 6) is 0. The summed E-state index contributed by atoms with van der Waals surface area (Å²) in [6.07, 6.45) is 5.18. The predicted molar refractivity (Wildman–Crippen MR) is 72.9 cm³/mol. The van der Waals surface area contributed by atoms with Crippen LogP contribution in [0.25, 0.3) is 0 Å². The molecular weight excluding hydrogens is 208 g/mol. The number of hydrogen-bond acceptors (Lipinski definition) is 2. The van der Waals surface area contributed by atoms with Gasteiger partial charge in [0.2, 0.25) is 0 Å². The van der Waals surface area contributed by atoms with Gasteiger partial charge < -0.3 is 5.73 Å². The highest BCUT2D eigenvalue weighted by Crippen LogP contribution is 2.29. The molecule has 2 heteroatoms. The van der Waals surface area contributed by atoms with Gasteiger partial charge in [0.1, 0.15) is 0 Å². The Balaban J connectivity index is 2.06. The standard InChI is InChI=1S/C15H24N2/c1-3-14(17(2)13-10-7-11-13)15(16)12-8-5-4-6-9-12/h4-6,8-9,13-15H,3,7,10-11,16H2,1-2H3. The molecule has 0 heterocycles. The molecule has 0 bridgehead atoms. The summed E-state index contributed by atoms with van der Waals surface area (Å²) in [5, 5.41) is 0. The third kappa shape index (κ3) is 2.70. The number of rotatable bonds is 5. The molecule has 1 saturated carbocycles. The molecule has 2 N–H and O–H groups in total. The fourth-order valence-corrected chi connectivity index (χ4v) is 2.76. The first-order valence-corrected chi connectivity index (χ1v) is 6.76. The van der Waals surface area contributed by atoms with Gasteiger partial charge in [-0.25, -0.2) is 0 Å². The molecule has 0 aromatic heterocycles. The van der Waals surface area contributed by atoms with Gasteiger partial charge in [-0.2, -0.15) is 0 Å². The molecule has 17 heavy (non-hydrogen) atoms. The van der Waals surface area contributed by atoms with Crippen LogP contribution in [0.5, 0.6) is 0 Å². The first kappa shape index (κ1) is 12.6. The van der Waals surface area contributed by atoms with Crippen molar-refractivity contribution in [1.29, 1.82) is 0 Å². The zero-order chi connectivity index (χ0) is 12.3. The predicted octanol–water partition coefficient (Wildman–Crippen LogP) is 2.95. The van der Waals surface area contributed by atoms with Crippen LogP contribution < -0.4 is 5.73 Å². The average molecular weight is 232 g/mol. The number of hydrogen-bond donors (Lipinski definition) is 1. The van der Waals surface area contributed by atoms with E-state index in [1.54, 1.807) is 0 Å². The molecule has 1 aliphatic carbocycles. The molecule has 1 fully saturated rings. The quantitative estimate of drug-likeness (QED) is 0.845. The van der Waals surface area contributed by atoms with Crippen LogP contribution in [0.15, 0.2) is 30.3 Å². The minimum Gasteiger partial charge on any atom is -0.323 e. The van der Waals surface area contributed by atoms with Gasteiger partial charge in [0, 0.05) is 18.1 Å². The van der Waals surface area contributed by atoms with Crippen molar-refractivity contribution < 1.29 is 0 Å². The van der Waals surface area contributed by atoms with Gasteiger partial charge in [-0.05, 0) is 31.9 Å². The minimum atomic E-state index is 0.131. The van der Waals surface area contributed by atoms with Crippen LogP contribution in [0.2, 0.25) is 0 Å². The highest BCUT2D eigenvalue weighted by molar-refractivity contribution is 5.20. The lowest BCUT2D eigenvalue weighted by Gasteiger charge is -2.42. The van der Waals surface area contributed by atoms with Crippen molar-refractivity contribution >= 4 is 0 Å².